The van der Waals surface area contributed by atoms with Gasteiger partial charge in [-0.2, -0.15) is 5.26 Å². The quantitative estimate of drug-likeness (QED) is 0.491. The normalized spacial score (nSPS) is 20.7. The molecule has 5 rings (SSSR count). The summed E-state index contributed by atoms with van der Waals surface area (Å²) in [7, 11) is 3.43. The summed E-state index contributed by atoms with van der Waals surface area (Å²) in [6, 6.07) is 17.4. The fourth-order valence-corrected chi connectivity index (χ4v) is 5.45. The molecule has 8 nitrogen and oxygen atoms in total. The number of thiophene rings is 1. The van der Waals surface area contributed by atoms with Crippen LogP contribution in [-0.2, 0) is 17.4 Å². The molecule has 0 radical (unpaired) electrons. The van der Waals surface area contributed by atoms with Crippen molar-refractivity contribution in [3.8, 4) is 17.2 Å². The van der Waals surface area contributed by atoms with Gasteiger partial charge in [0.1, 0.15) is 5.52 Å². The number of fused-ring (bicyclic) bond motifs is 1. The summed E-state index contributed by atoms with van der Waals surface area (Å²) >= 11 is 1.53. The Morgan fingerprint density at radius 3 is 2.79 bits per heavy atom. The molecule has 2 N–H and O–H groups in total. The van der Waals surface area contributed by atoms with E-state index in [4.69, 9.17) is 5.41 Å². The second-order valence-corrected chi connectivity index (χ2v) is 9.27. The van der Waals surface area contributed by atoms with E-state index in [-0.39, 0.29) is 11.9 Å². The van der Waals surface area contributed by atoms with Gasteiger partial charge < -0.3 is 5.32 Å². The Morgan fingerprint density at radius 2 is 2.00 bits per heavy atom. The molecule has 164 valence electrons. The standard InChI is InChI=1S/C24H21N7OS/c1-24(20-11-17(13-33-20)15-6-4-5-14(9-15)12-25)21(22(32)30(2)23(26)27-24)16-7-8-18-19(10-16)31(3)29-28-18/h4-11,13,21H,1-3H3,(H2,26,27)/t21?,24-/m1/s1. The van der Waals surface area contributed by atoms with Gasteiger partial charge in [0, 0.05) is 19.0 Å². The third-order valence-corrected chi connectivity index (χ3v) is 7.44. The van der Waals surface area contributed by atoms with E-state index in [2.05, 4.69) is 21.7 Å². The number of nitrogens with one attached hydrogen (secondary N) is 2. The van der Waals surface area contributed by atoms with Crippen LogP contribution in [-0.4, -0.2) is 38.8 Å². The number of nitrogens with zero attached hydrogens (tertiary/aromatic N) is 5. The van der Waals surface area contributed by atoms with Crippen LogP contribution in [0.5, 0.6) is 0 Å². The van der Waals surface area contributed by atoms with Crippen LogP contribution in [0.15, 0.2) is 53.9 Å². The van der Waals surface area contributed by atoms with Crippen molar-refractivity contribution in [1.82, 2.24) is 25.2 Å². The zero-order valence-corrected chi connectivity index (χ0v) is 19.1. The van der Waals surface area contributed by atoms with Gasteiger partial charge in [-0.15, -0.1) is 16.4 Å². The van der Waals surface area contributed by atoms with Crippen LogP contribution in [0.3, 0.4) is 0 Å². The van der Waals surface area contributed by atoms with Crippen molar-refractivity contribution in [2.75, 3.05) is 7.05 Å². The summed E-state index contributed by atoms with van der Waals surface area (Å²) in [5.74, 6) is -0.659. The molecule has 0 aliphatic carbocycles. The highest BCUT2D eigenvalue weighted by atomic mass is 32.1. The van der Waals surface area contributed by atoms with Crippen LogP contribution in [0.1, 0.15) is 28.8 Å². The number of nitriles is 1. The molecular weight excluding hydrogens is 434 g/mol. The van der Waals surface area contributed by atoms with E-state index >= 15 is 0 Å². The Kier molecular flexibility index (Phi) is 4.76. The number of aromatic nitrogens is 3. The number of hydrogen-bond donors (Lipinski definition) is 2. The number of hydrogen-bond acceptors (Lipinski definition) is 6. The maximum Gasteiger partial charge on any atom is 0.239 e. The fourth-order valence-electron chi connectivity index (χ4n) is 4.39. The lowest BCUT2D eigenvalue weighted by Crippen LogP contribution is -2.62. The van der Waals surface area contributed by atoms with E-state index in [1.807, 2.05) is 61.8 Å². The van der Waals surface area contributed by atoms with Crippen molar-refractivity contribution >= 4 is 34.2 Å². The molecule has 9 heteroatoms. The first-order valence-corrected chi connectivity index (χ1v) is 11.2. The molecule has 33 heavy (non-hydrogen) atoms. The Morgan fingerprint density at radius 1 is 1.18 bits per heavy atom. The van der Waals surface area contributed by atoms with Crippen molar-refractivity contribution in [3.63, 3.8) is 0 Å². The number of aryl methyl sites for hydroxylation is 1. The first kappa shape index (κ1) is 20.8. The first-order chi connectivity index (χ1) is 15.8. The summed E-state index contributed by atoms with van der Waals surface area (Å²) in [6.07, 6.45) is 0. The minimum atomic E-state index is -0.837. The van der Waals surface area contributed by atoms with Crippen LogP contribution in [0.25, 0.3) is 22.2 Å². The monoisotopic (exact) mass is 455 g/mol. The molecule has 0 spiro atoms. The summed E-state index contributed by atoms with van der Waals surface area (Å²) in [4.78, 5) is 15.8. The second kappa shape index (κ2) is 7.53. The average Bonchev–Trinajstić information content (AvgIpc) is 3.46. The molecule has 2 aromatic carbocycles. The summed E-state index contributed by atoms with van der Waals surface area (Å²) in [5.41, 5.74) is 4.09. The largest absolute Gasteiger partial charge is 0.345 e. The SMILES string of the molecule is CN1C(=N)N[C@](C)(c2cc(-c3cccc(C#N)c3)cs2)C(c2ccc3nnn(C)c3c2)C1=O. The molecule has 3 heterocycles. The summed E-state index contributed by atoms with van der Waals surface area (Å²) in [5, 5.41) is 31.2. The minimum absolute atomic E-state index is 0.0588. The topological polar surface area (TPSA) is 111 Å². The van der Waals surface area contributed by atoms with Crippen molar-refractivity contribution in [1.29, 1.82) is 10.7 Å². The highest BCUT2D eigenvalue weighted by Crippen LogP contribution is 2.44. The fraction of sp³-hybridized carbons (Fsp3) is 0.208. The number of carbonyl (C=O) groups excluding carboxylic acids is 1. The van der Waals surface area contributed by atoms with E-state index in [1.54, 1.807) is 17.8 Å². The van der Waals surface area contributed by atoms with E-state index < -0.39 is 11.5 Å². The molecule has 1 saturated heterocycles. The molecule has 1 unspecified atom stereocenters. The van der Waals surface area contributed by atoms with Crippen molar-refractivity contribution in [3.05, 3.63) is 69.9 Å². The molecule has 1 amide bonds. The van der Waals surface area contributed by atoms with Crippen LogP contribution < -0.4 is 5.32 Å². The van der Waals surface area contributed by atoms with E-state index in [0.29, 0.717) is 5.56 Å². The van der Waals surface area contributed by atoms with Crippen LogP contribution >= 0.6 is 11.3 Å². The first-order valence-electron chi connectivity index (χ1n) is 10.3. The zero-order chi connectivity index (χ0) is 23.3. The summed E-state index contributed by atoms with van der Waals surface area (Å²) in [6.45, 7) is 1.96. The zero-order valence-electron chi connectivity index (χ0n) is 18.3. The number of likely N-dealkylation sites (N-methyl/N-ethyl adjacent to an activating group) is 1. The van der Waals surface area contributed by atoms with Crippen molar-refractivity contribution in [2.45, 2.75) is 18.4 Å². The maximum absolute atomic E-state index is 13.5. The molecule has 2 atom stereocenters. The average molecular weight is 456 g/mol. The van der Waals surface area contributed by atoms with Crippen LogP contribution in [0, 0.1) is 16.7 Å². The van der Waals surface area contributed by atoms with Gasteiger partial charge >= 0.3 is 0 Å². The van der Waals surface area contributed by atoms with E-state index in [0.717, 1.165) is 32.6 Å². The third kappa shape index (κ3) is 3.27. The van der Waals surface area contributed by atoms with Crippen molar-refractivity contribution in [2.24, 2.45) is 7.05 Å². The summed E-state index contributed by atoms with van der Waals surface area (Å²) < 4.78 is 1.69. The van der Waals surface area contributed by atoms with E-state index in [9.17, 15) is 10.1 Å². The maximum atomic E-state index is 13.5. The highest BCUT2D eigenvalue weighted by molar-refractivity contribution is 7.10. The van der Waals surface area contributed by atoms with Crippen LogP contribution in [0.2, 0.25) is 0 Å². The molecule has 4 aromatic rings. The number of guanidine groups is 1. The van der Waals surface area contributed by atoms with E-state index in [1.165, 1.54) is 16.2 Å². The minimum Gasteiger partial charge on any atom is -0.345 e. The Labute approximate surface area is 194 Å². The van der Waals surface area contributed by atoms with Gasteiger partial charge in [-0.25, -0.2) is 4.68 Å². The molecule has 0 saturated carbocycles. The molecule has 2 aromatic heterocycles. The Bertz CT molecular complexity index is 1460. The molecule has 0 bridgehead atoms. The van der Waals surface area contributed by atoms with Gasteiger partial charge in [-0.05, 0) is 59.3 Å². The van der Waals surface area contributed by atoms with Gasteiger partial charge in [0.25, 0.3) is 0 Å². The second-order valence-electron chi connectivity index (χ2n) is 8.36. The lowest BCUT2D eigenvalue weighted by Gasteiger charge is -2.45. The molecular formula is C24H21N7OS. The lowest BCUT2D eigenvalue weighted by molar-refractivity contribution is -0.131. The molecule has 1 aliphatic rings. The van der Waals surface area contributed by atoms with Gasteiger partial charge in [-0.3, -0.25) is 15.1 Å². The molecule has 1 fully saturated rings. The van der Waals surface area contributed by atoms with Gasteiger partial charge in [0.05, 0.1) is 28.6 Å². The molecule has 1 aliphatic heterocycles. The smallest absolute Gasteiger partial charge is 0.239 e. The van der Waals surface area contributed by atoms with Crippen molar-refractivity contribution < 1.29 is 4.79 Å². The highest BCUT2D eigenvalue weighted by Gasteiger charge is 2.49. The Balaban J connectivity index is 1.63. The Hall–Kier alpha value is -4.03. The van der Waals surface area contributed by atoms with Gasteiger partial charge in [0.15, 0.2) is 5.96 Å². The number of amides is 1. The third-order valence-electron chi connectivity index (χ3n) is 6.27. The lowest BCUT2D eigenvalue weighted by atomic mass is 9.76. The number of benzene rings is 2. The van der Waals surface area contributed by atoms with Gasteiger partial charge in [0.2, 0.25) is 5.91 Å². The van der Waals surface area contributed by atoms with Gasteiger partial charge in [-0.1, -0.05) is 23.4 Å². The predicted molar refractivity (Wildman–Crippen MR) is 127 cm³/mol. The number of carbonyl (C=O) groups is 1. The predicted octanol–water partition coefficient (Wildman–Crippen LogP) is 3.56. The van der Waals surface area contributed by atoms with Crippen LogP contribution in [0.4, 0.5) is 0 Å². The number of rotatable bonds is 3.